The van der Waals surface area contributed by atoms with Crippen LogP contribution < -0.4 is 15.5 Å². The van der Waals surface area contributed by atoms with Gasteiger partial charge in [-0.25, -0.2) is 4.79 Å². The average Bonchev–Trinajstić information content (AvgIpc) is 3.20. The van der Waals surface area contributed by atoms with Gasteiger partial charge in [0.05, 0.1) is 11.3 Å². The average molecular weight is 453 g/mol. The van der Waals surface area contributed by atoms with Crippen molar-refractivity contribution >= 4 is 23.3 Å². The van der Waals surface area contributed by atoms with Crippen molar-refractivity contribution in [3.05, 3.63) is 94.5 Å². The van der Waals surface area contributed by atoms with E-state index in [9.17, 15) is 22.8 Å². The van der Waals surface area contributed by atoms with Gasteiger partial charge in [0.1, 0.15) is 0 Å². The predicted octanol–water partition coefficient (Wildman–Crippen LogP) is 5.54. The van der Waals surface area contributed by atoms with Crippen molar-refractivity contribution in [3.8, 4) is 0 Å². The largest absolute Gasteiger partial charge is 0.418 e. The lowest BCUT2D eigenvalue weighted by atomic mass is 10.1. The van der Waals surface area contributed by atoms with Crippen LogP contribution in [0, 0.1) is 6.92 Å². The lowest BCUT2D eigenvalue weighted by Crippen LogP contribution is -2.30. The molecule has 0 aliphatic carbocycles. The van der Waals surface area contributed by atoms with Crippen LogP contribution in [0.1, 0.15) is 32.6 Å². The molecule has 0 bridgehead atoms. The van der Waals surface area contributed by atoms with Crippen molar-refractivity contribution in [1.82, 2.24) is 5.32 Å². The molecule has 1 heterocycles. The molecule has 170 valence electrons. The number of anilines is 2. The molecule has 8 heteroatoms. The Balaban J connectivity index is 1.44. The van der Waals surface area contributed by atoms with E-state index in [0.717, 1.165) is 34.9 Å². The number of para-hydroxylation sites is 1. The highest BCUT2D eigenvalue weighted by Crippen LogP contribution is 2.34. The van der Waals surface area contributed by atoms with E-state index < -0.39 is 17.8 Å². The zero-order chi connectivity index (χ0) is 23.6. The molecule has 1 aliphatic rings. The van der Waals surface area contributed by atoms with Crippen LogP contribution in [0.25, 0.3) is 0 Å². The van der Waals surface area contributed by atoms with Crippen LogP contribution in [-0.2, 0) is 19.1 Å². The minimum absolute atomic E-state index is 0.0969. The summed E-state index contributed by atoms with van der Waals surface area (Å²) in [6, 6.07) is 17.0. The van der Waals surface area contributed by atoms with Crippen LogP contribution in [0.3, 0.4) is 0 Å². The number of nitrogens with one attached hydrogen (secondary N) is 2. The molecule has 0 spiro atoms. The van der Waals surface area contributed by atoms with E-state index in [1.165, 1.54) is 18.2 Å². The van der Waals surface area contributed by atoms with Crippen molar-refractivity contribution in [1.29, 1.82) is 0 Å². The third kappa shape index (κ3) is 5.00. The molecule has 3 aromatic rings. The SMILES string of the molecule is Cc1ccc(C(=O)N2CCc3ccc(CNC(=O)Nc4ccccc4C(F)(F)F)cc32)cc1. The second-order valence-corrected chi connectivity index (χ2v) is 7.89. The van der Waals surface area contributed by atoms with E-state index in [-0.39, 0.29) is 18.1 Å². The van der Waals surface area contributed by atoms with Gasteiger partial charge in [-0.15, -0.1) is 0 Å². The van der Waals surface area contributed by atoms with Gasteiger partial charge < -0.3 is 15.5 Å². The number of fused-ring (bicyclic) bond motifs is 1. The van der Waals surface area contributed by atoms with Crippen molar-refractivity contribution in [2.24, 2.45) is 0 Å². The molecule has 3 aromatic carbocycles. The lowest BCUT2D eigenvalue weighted by Gasteiger charge is -2.18. The van der Waals surface area contributed by atoms with E-state index in [1.807, 2.05) is 37.3 Å². The number of nitrogens with zero attached hydrogens (tertiary/aromatic N) is 1. The predicted molar refractivity (Wildman–Crippen MR) is 120 cm³/mol. The smallest absolute Gasteiger partial charge is 0.334 e. The minimum Gasteiger partial charge on any atom is -0.334 e. The number of amides is 3. The summed E-state index contributed by atoms with van der Waals surface area (Å²) in [4.78, 5) is 26.9. The molecule has 0 aromatic heterocycles. The summed E-state index contributed by atoms with van der Waals surface area (Å²) < 4.78 is 39.4. The summed E-state index contributed by atoms with van der Waals surface area (Å²) in [5.41, 5.74) is 2.98. The van der Waals surface area contributed by atoms with Crippen LogP contribution in [0.2, 0.25) is 0 Å². The van der Waals surface area contributed by atoms with E-state index in [2.05, 4.69) is 10.6 Å². The van der Waals surface area contributed by atoms with Crippen molar-refractivity contribution < 1.29 is 22.8 Å². The Morgan fingerprint density at radius 2 is 1.73 bits per heavy atom. The van der Waals surface area contributed by atoms with Gasteiger partial charge >= 0.3 is 12.2 Å². The van der Waals surface area contributed by atoms with Crippen LogP contribution >= 0.6 is 0 Å². The Bertz CT molecular complexity index is 1190. The van der Waals surface area contributed by atoms with Gasteiger partial charge in [0.15, 0.2) is 0 Å². The third-order valence-electron chi connectivity index (χ3n) is 5.52. The van der Waals surface area contributed by atoms with Crippen LogP contribution in [0.4, 0.5) is 29.3 Å². The van der Waals surface area contributed by atoms with Gasteiger partial charge in [0, 0.05) is 24.3 Å². The van der Waals surface area contributed by atoms with Gasteiger partial charge in [-0.1, -0.05) is 42.0 Å². The molecule has 0 atom stereocenters. The van der Waals surface area contributed by atoms with Crippen LogP contribution in [0.5, 0.6) is 0 Å². The Morgan fingerprint density at radius 3 is 2.45 bits per heavy atom. The van der Waals surface area contributed by atoms with Gasteiger partial charge in [-0.2, -0.15) is 13.2 Å². The number of urea groups is 1. The number of aryl methyl sites for hydroxylation is 1. The molecule has 0 saturated heterocycles. The van der Waals surface area contributed by atoms with Gasteiger partial charge in [0.2, 0.25) is 0 Å². The van der Waals surface area contributed by atoms with E-state index in [0.29, 0.717) is 12.1 Å². The topological polar surface area (TPSA) is 61.4 Å². The van der Waals surface area contributed by atoms with Crippen LogP contribution in [0.15, 0.2) is 66.7 Å². The van der Waals surface area contributed by atoms with Crippen molar-refractivity contribution in [2.45, 2.75) is 26.1 Å². The Hall–Kier alpha value is -3.81. The normalized spacial score (nSPS) is 12.9. The number of benzene rings is 3. The molecule has 0 saturated carbocycles. The maximum atomic E-state index is 13.1. The fraction of sp³-hybridized carbons (Fsp3) is 0.200. The fourth-order valence-electron chi connectivity index (χ4n) is 3.79. The maximum Gasteiger partial charge on any atom is 0.418 e. The highest BCUT2D eigenvalue weighted by molar-refractivity contribution is 6.07. The van der Waals surface area contributed by atoms with Gasteiger partial charge in [-0.05, 0) is 54.8 Å². The van der Waals surface area contributed by atoms with E-state index in [1.54, 1.807) is 17.0 Å². The van der Waals surface area contributed by atoms with Crippen LogP contribution in [-0.4, -0.2) is 18.5 Å². The summed E-state index contributed by atoms with van der Waals surface area (Å²) in [5, 5.41) is 4.84. The maximum absolute atomic E-state index is 13.1. The minimum atomic E-state index is -4.57. The first-order valence-electron chi connectivity index (χ1n) is 10.4. The molecule has 3 amide bonds. The number of halogens is 3. The Kier molecular flexibility index (Phi) is 6.09. The fourth-order valence-corrected chi connectivity index (χ4v) is 3.79. The number of carbonyl (C=O) groups is 2. The Labute approximate surface area is 189 Å². The molecule has 0 fully saturated rings. The number of alkyl halides is 3. The third-order valence-corrected chi connectivity index (χ3v) is 5.52. The summed E-state index contributed by atoms with van der Waals surface area (Å²) >= 11 is 0. The molecule has 0 radical (unpaired) electrons. The van der Waals surface area contributed by atoms with E-state index in [4.69, 9.17) is 0 Å². The zero-order valence-corrected chi connectivity index (χ0v) is 17.9. The summed E-state index contributed by atoms with van der Waals surface area (Å²) in [7, 11) is 0. The zero-order valence-electron chi connectivity index (χ0n) is 17.9. The highest BCUT2D eigenvalue weighted by atomic mass is 19.4. The highest BCUT2D eigenvalue weighted by Gasteiger charge is 2.33. The molecule has 0 unspecified atom stereocenters. The standard InChI is InChI=1S/C25H22F3N3O2/c1-16-6-9-19(10-7-16)23(32)31-13-12-18-11-8-17(14-22(18)31)15-29-24(33)30-21-5-3-2-4-20(21)25(26,27)28/h2-11,14H,12-13,15H2,1H3,(H2,29,30,33). The second-order valence-electron chi connectivity index (χ2n) is 7.89. The number of hydrogen-bond acceptors (Lipinski definition) is 2. The summed E-state index contributed by atoms with van der Waals surface area (Å²) in [5.74, 6) is -0.0969. The molecular formula is C25H22F3N3O2. The quantitative estimate of drug-likeness (QED) is 0.545. The summed E-state index contributed by atoms with van der Waals surface area (Å²) in [6.07, 6.45) is -3.84. The number of hydrogen-bond donors (Lipinski definition) is 2. The number of rotatable bonds is 4. The first-order valence-corrected chi connectivity index (χ1v) is 10.4. The molecular weight excluding hydrogens is 431 g/mol. The Morgan fingerprint density at radius 1 is 1.00 bits per heavy atom. The first-order chi connectivity index (χ1) is 15.7. The number of carbonyl (C=O) groups excluding carboxylic acids is 2. The molecule has 1 aliphatic heterocycles. The van der Waals surface area contributed by atoms with Crippen molar-refractivity contribution in [2.75, 3.05) is 16.8 Å². The first kappa shape index (κ1) is 22.4. The molecule has 4 rings (SSSR count). The summed E-state index contributed by atoms with van der Waals surface area (Å²) in [6.45, 7) is 2.62. The van der Waals surface area contributed by atoms with Gasteiger partial charge in [0.25, 0.3) is 5.91 Å². The van der Waals surface area contributed by atoms with E-state index >= 15 is 0 Å². The van der Waals surface area contributed by atoms with Crippen molar-refractivity contribution in [3.63, 3.8) is 0 Å². The molecule has 5 nitrogen and oxygen atoms in total. The molecule has 33 heavy (non-hydrogen) atoms. The molecule has 2 N–H and O–H groups in total. The monoisotopic (exact) mass is 453 g/mol. The lowest BCUT2D eigenvalue weighted by molar-refractivity contribution is -0.136. The second kappa shape index (κ2) is 8.97. The van der Waals surface area contributed by atoms with Gasteiger partial charge in [-0.3, -0.25) is 4.79 Å².